The van der Waals surface area contributed by atoms with Gasteiger partial charge in [-0.2, -0.15) is 0 Å². The van der Waals surface area contributed by atoms with Crippen LogP contribution in [0.5, 0.6) is 0 Å². The number of likely N-dealkylation sites (tertiary alicyclic amines) is 1. The van der Waals surface area contributed by atoms with Crippen LogP contribution in [0.1, 0.15) is 25.3 Å². The number of piperidine rings is 1. The third-order valence-electron chi connectivity index (χ3n) is 3.75. The highest BCUT2D eigenvalue weighted by Crippen LogP contribution is 2.15. The summed E-state index contributed by atoms with van der Waals surface area (Å²) < 4.78 is 0. The molecule has 1 fully saturated rings. The van der Waals surface area contributed by atoms with Gasteiger partial charge in [0, 0.05) is 24.7 Å². The molecule has 1 aliphatic heterocycles. The Labute approximate surface area is 130 Å². The molecule has 0 aliphatic carbocycles. The van der Waals surface area contributed by atoms with Crippen molar-refractivity contribution in [3.05, 3.63) is 34.9 Å². The fourth-order valence-corrected chi connectivity index (χ4v) is 2.69. The standard InChI is InChI=1S/C16H21ClN2O2/c1-12-3-2-10-19(11-12)16(21)15(20)18-9-8-13-4-6-14(17)7-5-13/h4-7,12H,2-3,8-11H2,1H3,(H,18,20). The van der Waals surface area contributed by atoms with Gasteiger partial charge in [-0.3, -0.25) is 9.59 Å². The van der Waals surface area contributed by atoms with E-state index in [1.54, 1.807) is 4.90 Å². The maximum atomic E-state index is 12.0. The first kappa shape index (κ1) is 15.8. The van der Waals surface area contributed by atoms with Crippen molar-refractivity contribution in [3.63, 3.8) is 0 Å². The van der Waals surface area contributed by atoms with E-state index in [-0.39, 0.29) is 0 Å². The van der Waals surface area contributed by atoms with Gasteiger partial charge in [0.05, 0.1) is 0 Å². The second-order valence-corrected chi connectivity index (χ2v) is 6.07. The Morgan fingerprint density at radius 2 is 2.05 bits per heavy atom. The molecule has 1 heterocycles. The summed E-state index contributed by atoms with van der Waals surface area (Å²) >= 11 is 5.82. The van der Waals surface area contributed by atoms with Crippen LogP contribution in [-0.4, -0.2) is 36.3 Å². The lowest BCUT2D eigenvalue weighted by atomic mass is 10.0. The van der Waals surface area contributed by atoms with Crippen LogP contribution < -0.4 is 5.32 Å². The average molecular weight is 309 g/mol. The first-order valence-corrected chi connectivity index (χ1v) is 7.75. The van der Waals surface area contributed by atoms with Crippen molar-refractivity contribution in [2.75, 3.05) is 19.6 Å². The summed E-state index contributed by atoms with van der Waals surface area (Å²) in [5.74, 6) is -0.430. The molecule has 1 atom stereocenters. The molecule has 1 N–H and O–H groups in total. The molecule has 0 saturated carbocycles. The molecule has 1 aromatic rings. The van der Waals surface area contributed by atoms with Crippen LogP contribution in [0.4, 0.5) is 0 Å². The first-order chi connectivity index (χ1) is 10.1. The number of nitrogens with zero attached hydrogens (tertiary/aromatic N) is 1. The highest BCUT2D eigenvalue weighted by molar-refractivity contribution is 6.35. The van der Waals surface area contributed by atoms with Crippen LogP contribution in [0.2, 0.25) is 5.02 Å². The van der Waals surface area contributed by atoms with E-state index in [4.69, 9.17) is 11.6 Å². The van der Waals surface area contributed by atoms with E-state index in [1.165, 1.54) is 0 Å². The Morgan fingerprint density at radius 3 is 2.71 bits per heavy atom. The zero-order chi connectivity index (χ0) is 15.2. The zero-order valence-corrected chi connectivity index (χ0v) is 13.0. The molecule has 2 amide bonds. The number of rotatable bonds is 3. The van der Waals surface area contributed by atoms with Gasteiger partial charge in [0.1, 0.15) is 0 Å². The average Bonchev–Trinajstić information content (AvgIpc) is 2.48. The summed E-state index contributed by atoms with van der Waals surface area (Å²) in [6.45, 7) is 3.94. The summed E-state index contributed by atoms with van der Waals surface area (Å²) in [6, 6.07) is 7.48. The summed E-state index contributed by atoms with van der Waals surface area (Å²) in [5.41, 5.74) is 1.08. The van der Waals surface area contributed by atoms with E-state index in [9.17, 15) is 9.59 Å². The van der Waals surface area contributed by atoms with Gasteiger partial charge < -0.3 is 10.2 Å². The lowest BCUT2D eigenvalue weighted by Crippen LogP contribution is -2.47. The number of carbonyl (C=O) groups excluding carboxylic acids is 2. The van der Waals surface area contributed by atoms with Gasteiger partial charge in [-0.25, -0.2) is 0 Å². The van der Waals surface area contributed by atoms with Gasteiger partial charge in [0.25, 0.3) is 0 Å². The smallest absolute Gasteiger partial charge is 0.311 e. The summed E-state index contributed by atoms with van der Waals surface area (Å²) in [4.78, 5) is 25.6. The Hall–Kier alpha value is -1.55. The molecule has 0 spiro atoms. The SMILES string of the molecule is CC1CCCN(C(=O)C(=O)NCCc2ccc(Cl)cc2)C1. The highest BCUT2D eigenvalue weighted by Gasteiger charge is 2.25. The molecule has 0 bridgehead atoms. The van der Waals surface area contributed by atoms with Crippen molar-refractivity contribution in [2.24, 2.45) is 5.92 Å². The third-order valence-corrected chi connectivity index (χ3v) is 4.00. The van der Waals surface area contributed by atoms with Crippen molar-refractivity contribution in [1.29, 1.82) is 0 Å². The molecule has 5 heteroatoms. The third kappa shape index (κ3) is 4.74. The number of hydrogen-bond acceptors (Lipinski definition) is 2. The van der Waals surface area contributed by atoms with Gasteiger partial charge in [-0.1, -0.05) is 30.7 Å². The fraction of sp³-hybridized carbons (Fsp3) is 0.500. The molecule has 0 aromatic heterocycles. The minimum atomic E-state index is -0.502. The number of benzene rings is 1. The van der Waals surface area contributed by atoms with Crippen molar-refractivity contribution < 1.29 is 9.59 Å². The molecule has 114 valence electrons. The summed E-state index contributed by atoms with van der Waals surface area (Å²) in [5, 5.41) is 3.39. The summed E-state index contributed by atoms with van der Waals surface area (Å²) in [7, 11) is 0. The van der Waals surface area contributed by atoms with E-state index in [0.717, 1.165) is 18.4 Å². The van der Waals surface area contributed by atoms with Crippen LogP contribution in [0.25, 0.3) is 0 Å². The molecular formula is C16H21ClN2O2. The zero-order valence-electron chi connectivity index (χ0n) is 12.3. The predicted octanol–water partition coefficient (Wildman–Crippen LogP) is 2.26. The molecule has 4 nitrogen and oxygen atoms in total. The molecule has 21 heavy (non-hydrogen) atoms. The topological polar surface area (TPSA) is 49.4 Å². The van der Waals surface area contributed by atoms with E-state index < -0.39 is 11.8 Å². The number of hydrogen-bond donors (Lipinski definition) is 1. The molecule has 1 aliphatic rings. The van der Waals surface area contributed by atoms with Crippen LogP contribution >= 0.6 is 11.6 Å². The molecular weight excluding hydrogens is 288 g/mol. The van der Waals surface area contributed by atoms with E-state index in [2.05, 4.69) is 12.2 Å². The van der Waals surface area contributed by atoms with Gasteiger partial charge in [0.15, 0.2) is 0 Å². The Bertz CT molecular complexity index is 502. The van der Waals surface area contributed by atoms with Gasteiger partial charge >= 0.3 is 11.8 Å². The minimum absolute atomic E-state index is 0.405. The second kappa shape index (κ2) is 7.46. The lowest BCUT2D eigenvalue weighted by Gasteiger charge is -2.30. The Kier molecular flexibility index (Phi) is 5.62. The van der Waals surface area contributed by atoms with Gasteiger partial charge in [-0.15, -0.1) is 0 Å². The predicted molar refractivity (Wildman–Crippen MR) is 83.1 cm³/mol. The highest BCUT2D eigenvalue weighted by atomic mass is 35.5. The van der Waals surface area contributed by atoms with Crippen molar-refractivity contribution in [2.45, 2.75) is 26.2 Å². The maximum Gasteiger partial charge on any atom is 0.311 e. The normalized spacial score (nSPS) is 18.4. The molecule has 2 rings (SSSR count). The summed E-state index contributed by atoms with van der Waals surface area (Å²) in [6.07, 6.45) is 2.79. The van der Waals surface area contributed by atoms with Crippen LogP contribution in [0.3, 0.4) is 0 Å². The lowest BCUT2D eigenvalue weighted by molar-refractivity contribution is -0.146. The number of amides is 2. The number of nitrogens with one attached hydrogen (secondary N) is 1. The largest absolute Gasteiger partial charge is 0.347 e. The Morgan fingerprint density at radius 1 is 1.33 bits per heavy atom. The van der Waals surface area contributed by atoms with Gasteiger partial charge in [-0.05, 0) is 42.9 Å². The second-order valence-electron chi connectivity index (χ2n) is 5.63. The van der Waals surface area contributed by atoms with E-state index in [1.807, 2.05) is 24.3 Å². The Balaban J connectivity index is 1.76. The molecule has 0 radical (unpaired) electrons. The van der Waals surface area contributed by atoms with Crippen molar-refractivity contribution >= 4 is 23.4 Å². The van der Waals surface area contributed by atoms with E-state index >= 15 is 0 Å². The van der Waals surface area contributed by atoms with Crippen LogP contribution in [0.15, 0.2) is 24.3 Å². The molecule has 1 aromatic carbocycles. The molecule has 1 saturated heterocycles. The van der Waals surface area contributed by atoms with Crippen LogP contribution in [-0.2, 0) is 16.0 Å². The fourth-order valence-electron chi connectivity index (χ4n) is 2.56. The van der Waals surface area contributed by atoms with Crippen molar-refractivity contribution in [1.82, 2.24) is 10.2 Å². The first-order valence-electron chi connectivity index (χ1n) is 7.38. The monoisotopic (exact) mass is 308 g/mol. The maximum absolute atomic E-state index is 12.0. The quantitative estimate of drug-likeness (QED) is 0.871. The van der Waals surface area contributed by atoms with Crippen molar-refractivity contribution in [3.8, 4) is 0 Å². The van der Waals surface area contributed by atoms with Gasteiger partial charge in [0.2, 0.25) is 0 Å². The van der Waals surface area contributed by atoms with Crippen LogP contribution in [0, 0.1) is 5.92 Å². The molecule has 1 unspecified atom stereocenters. The van der Waals surface area contributed by atoms with E-state index in [0.29, 0.717) is 37.0 Å². The number of carbonyl (C=O) groups is 2. The number of halogens is 1. The minimum Gasteiger partial charge on any atom is -0.347 e.